The molecule has 1 unspecified atom stereocenters. The molecule has 1 atom stereocenters. The van der Waals surface area contributed by atoms with E-state index in [9.17, 15) is 9.18 Å². The summed E-state index contributed by atoms with van der Waals surface area (Å²) in [5, 5.41) is 3.29. The van der Waals surface area contributed by atoms with Gasteiger partial charge in [0, 0.05) is 11.4 Å². The second kappa shape index (κ2) is 7.23. The maximum Gasteiger partial charge on any atom is 0.262 e. The second-order valence-electron chi connectivity index (χ2n) is 6.32. The minimum atomic E-state index is -0.771. The number of halogens is 1. The van der Waals surface area contributed by atoms with Gasteiger partial charge in [0.15, 0.2) is 0 Å². The molecular formula is C22H19FN2O3. The summed E-state index contributed by atoms with van der Waals surface area (Å²) in [6.07, 6.45) is -0.771. The van der Waals surface area contributed by atoms with Gasteiger partial charge in [-0.1, -0.05) is 18.2 Å². The van der Waals surface area contributed by atoms with Crippen LogP contribution in [-0.4, -0.2) is 20.1 Å². The van der Waals surface area contributed by atoms with E-state index in [0.29, 0.717) is 28.4 Å². The summed E-state index contributed by atoms with van der Waals surface area (Å²) < 4.78 is 25.4. The Hall–Kier alpha value is -3.54. The van der Waals surface area contributed by atoms with E-state index in [1.807, 2.05) is 6.07 Å². The summed E-state index contributed by atoms with van der Waals surface area (Å²) in [5.41, 5.74) is 2.05. The average Bonchev–Trinajstić information content (AvgIpc) is 2.73. The Labute approximate surface area is 162 Å². The number of rotatable bonds is 4. The summed E-state index contributed by atoms with van der Waals surface area (Å²) in [5.74, 6) is 0.349. The third-order valence-electron chi connectivity index (χ3n) is 4.78. The van der Waals surface area contributed by atoms with Crippen molar-refractivity contribution >= 4 is 17.3 Å². The minimum absolute atomic E-state index is 0.227. The van der Waals surface area contributed by atoms with Gasteiger partial charge in [-0.2, -0.15) is 0 Å². The molecular weight excluding hydrogens is 359 g/mol. The lowest BCUT2D eigenvalue weighted by Gasteiger charge is -2.38. The van der Waals surface area contributed by atoms with Crippen LogP contribution in [0.3, 0.4) is 0 Å². The first-order valence-corrected chi connectivity index (χ1v) is 8.79. The van der Waals surface area contributed by atoms with E-state index in [4.69, 9.17) is 9.47 Å². The molecule has 0 saturated carbocycles. The molecule has 3 aromatic rings. The molecule has 142 valence electrons. The summed E-state index contributed by atoms with van der Waals surface area (Å²) >= 11 is 0. The van der Waals surface area contributed by atoms with Crippen LogP contribution in [0.15, 0.2) is 66.7 Å². The highest BCUT2D eigenvalue weighted by Crippen LogP contribution is 2.40. The number of methoxy groups -OCH3 is 2. The van der Waals surface area contributed by atoms with E-state index in [1.165, 1.54) is 18.1 Å². The van der Waals surface area contributed by atoms with Crippen LogP contribution in [-0.2, 0) is 0 Å². The minimum Gasteiger partial charge on any atom is -0.497 e. The summed E-state index contributed by atoms with van der Waals surface area (Å²) in [4.78, 5) is 14.9. The number of fused-ring (bicyclic) bond motifs is 1. The monoisotopic (exact) mass is 378 g/mol. The van der Waals surface area contributed by atoms with E-state index in [2.05, 4.69) is 5.32 Å². The fraction of sp³-hybridized carbons (Fsp3) is 0.136. The number of amides is 1. The molecule has 4 rings (SSSR count). The van der Waals surface area contributed by atoms with Crippen LogP contribution in [0, 0.1) is 5.82 Å². The molecule has 0 spiro atoms. The zero-order valence-electron chi connectivity index (χ0n) is 15.5. The van der Waals surface area contributed by atoms with Crippen molar-refractivity contribution in [3.8, 4) is 11.5 Å². The number of ether oxygens (including phenoxy) is 2. The smallest absolute Gasteiger partial charge is 0.262 e. The third-order valence-corrected chi connectivity index (χ3v) is 4.78. The van der Waals surface area contributed by atoms with Crippen LogP contribution in [0.4, 0.5) is 15.8 Å². The van der Waals surface area contributed by atoms with Gasteiger partial charge in [0.25, 0.3) is 5.91 Å². The van der Waals surface area contributed by atoms with Crippen LogP contribution >= 0.6 is 0 Å². The first-order valence-electron chi connectivity index (χ1n) is 8.79. The zero-order chi connectivity index (χ0) is 19.7. The van der Waals surface area contributed by atoms with Crippen LogP contribution in [0.1, 0.15) is 22.1 Å². The Bertz CT molecular complexity index is 1020. The number of nitrogens with one attached hydrogen (secondary N) is 1. The predicted molar refractivity (Wildman–Crippen MR) is 106 cm³/mol. The van der Waals surface area contributed by atoms with E-state index >= 15 is 0 Å². The maximum atomic E-state index is 14.9. The van der Waals surface area contributed by atoms with Crippen LogP contribution in [0.5, 0.6) is 11.5 Å². The fourth-order valence-corrected chi connectivity index (χ4v) is 3.43. The number of hydrogen-bond acceptors (Lipinski definition) is 4. The molecule has 28 heavy (non-hydrogen) atoms. The molecule has 1 amide bonds. The lowest BCUT2D eigenvalue weighted by molar-refractivity contribution is 0.0974. The SMILES string of the molecule is COc1ccc(N2C(=O)c3ccccc3NC2c2c(F)cccc2OC)cc1. The summed E-state index contributed by atoms with van der Waals surface area (Å²) in [6.45, 7) is 0. The van der Waals surface area contributed by atoms with Gasteiger partial charge in [-0.25, -0.2) is 4.39 Å². The lowest BCUT2D eigenvalue weighted by Crippen LogP contribution is -2.43. The molecule has 0 fully saturated rings. The number of para-hydroxylation sites is 1. The third kappa shape index (κ3) is 2.93. The topological polar surface area (TPSA) is 50.8 Å². The molecule has 5 nitrogen and oxygen atoms in total. The Kier molecular flexibility index (Phi) is 4.61. The molecule has 0 saturated heterocycles. The Morgan fingerprint density at radius 2 is 1.68 bits per heavy atom. The number of nitrogens with zero attached hydrogens (tertiary/aromatic N) is 1. The van der Waals surface area contributed by atoms with Gasteiger partial charge in [-0.15, -0.1) is 0 Å². The highest BCUT2D eigenvalue weighted by Gasteiger charge is 2.37. The molecule has 1 aliphatic heterocycles. The van der Waals surface area contributed by atoms with Gasteiger partial charge in [-0.3, -0.25) is 9.69 Å². The molecule has 1 N–H and O–H groups in total. The molecule has 6 heteroatoms. The standard InChI is InChI=1S/C22H19FN2O3/c1-27-15-12-10-14(11-13-15)25-21(20-17(23)7-5-9-19(20)28-2)24-18-8-4-3-6-16(18)22(25)26/h3-13,21,24H,1-2H3. The number of benzene rings is 3. The Morgan fingerprint density at radius 3 is 2.39 bits per heavy atom. The molecule has 0 aromatic heterocycles. The van der Waals surface area contributed by atoms with E-state index in [-0.39, 0.29) is 11.5 Å². The van der Waals surface area contributed by atoms with Crippen molar-refractivity contribution < 1.29 is 18.7 Å². The zero-order valence-corrected chi connectivity index (χ0v) is 15.5. The highest BCUT2D eigenvalue weighted by atomic mass is 19.1. The fourth-order valence-electron chi connectivity index (χ4n) is 3.43. The van der Waals surface area contributed by atoms with Gasteiger partial charge >= 0.3 is 0 Å². The summed E-state index contributed by atoms with van der Waals surface area (Å²) in [7, 11) is 3.06. The molecule has 0 aliphatic carbocycles. The van der Waals surface area contributed by atoms with Crippen LogP contribution in [0.25, 0.3) is 0 Å². The molecule has 3 aromatic carbocycles. The van der Waals surface area contributed by atoms with Gasteiger partial charge in [0.05, 0.1) is 25.3 Å². The first kappa shape index (κ1) is 17.9. The van der Waals surface area contributed by atoms with Crippen molar-refractivity contribution in [3.05, 3.63) is 83.7 Å². The Balaban J connectivity index is 1.90. The van der Waals surface area contributed by atoms with Crippen molar-refractivity contribution in [2.75, 3.05) is 24.4 Å². The molecule has 1 heterocycles. The number of carbonyl (C=O) groups is 1. The predicted octanol–water partition coefficient (Wildman–Crippen LogP) is 4.61. The van der Waals surface area contributed by atoms with Gasteiger partial charge in [0.1, 0.15) is 23.5 Å². The second-order valence-corrected chi connectivity index (χ2v) is 6.32. The molecule has 1 aliphatic rings. The molecule has 0 radical (unpaired) electrons. The normalized spacial score (nSPS) is 15.6. The number of carbonyl (C=O) groups excluding carboxylic acids is 1. The van der Waals surface area contributed by atoms with Gasteiger partial charge < -0.3 is 14.8 Å². The quantitative estimate of drug-likeness (QED) is 0.720. The summed E-state index contributed by atoms with van der Waals surface area (Å²) in [6, 6.07) is 18.9. The van der Waals surface area contributed by atoms with E-state index in [1.54, 1.807) is 61.7 Å². The van der Waals surface area contributed by atoms with Crippen molar-refractivity contribution in [2.45, 2.75) is 6.17 Å². The number of anilines is 2. The van der Waals surface area contributed by atoms with Crippen molar-refractivity contribution in [1.82, 2.24) is 0 Å². The first-order chi connectivity index (χ1) is 13.6. The largest absolute Gasteiger partial charge is 0.497 e. The van der Waals surface area contributed by atoms with Crippen LogP contribution in [0.2, 0.25) is 0 Å². The van der Waals surface area contributed by atoms with E-state index < -0.39 is 12.0 Å². The van der Waals surface area contributed by atoms with Gasteiger partial charge in [-0.05, 0) is 48.5 Å². The van der Waals surface area contributed by atoms with Crippen LogP contribution < -0.4 is 19.7 Å². The Morgan fingerprint density at radius 1 is 0.929 bits per heavy atom. The van der Waals surface area contributed by atoms with Crippen molar-refractivity contribution in [1.29, 1.82) is 0 Å². The average molecular weight is 378 g/mol. The maximum absolute atomic E-state index is 14.9. The lowest BCUT2D eigenvalue weighted by atomic mass is 10.0. The highest BCUT2D eigenvalue weighted by molar-refractivity contribution is 6.12. The van der Waals surface area contributed by atoms with Crippen molar-refractivity contribution in [3.63, 3.8) is 0 Å². The van der Waals surface area contributed by atoms with Crippen molar-refractivity contribution in [2.24, 2.45) is 0 Å². The van der Waals surface area contributed by atoms with Gasteiger partial charge in [0.2, 0.25) is 0 Å². The number of hydrogen-bond donors (Lipinski definition) is 1. The van der Waals surface area contributed by atoms with E-state index in [0.717, 1.165) is 0 Å². The molecule has 0 bridgehead atoms.